The molecule has 1 saturated heterocycles. The lowest BCUT2D eigenvalue weighted by atomic mass is 9.94. The summed E-state index contributed by atoms with van der Waals surface area (Å²) in [5, 5.41) is 8.74. The molecule has 0 bridgehead atoms. The first-order valence-corrected chi connectivity index (χ1v) is 5.35. The first-order chi connectivity index (χ1) is 6.82. The largest absolute Gasteiger partial charge is 0.481 e. The van der Waals surface area contributed by atoms with E-state index in [0.29, 0.717) is 6.54 Å². The molecular weight excluding hydrogens is 194 g/mol. The Hall–Kier alpha value is -1.06. The molecule has 0 unspecified atom stereocenters. The Morgan fingerprint density at radius 2 is 2.00 bits per heavy atom. The first-order valence-electron chi connectivity index (χ1n) is 5.35. The molecule has 1 atom stereocenters. The Morgan fingerprint density at radius 1 is 1.40 bits per heavy atom. The van der Waals surface area contributed by atoms with E-state index in [2.05, 4.69) is 0 Å². The van der Waals surface area contributed by atoms with E-state index >= 15 is 0 Å². The zero-order valence-corrected chi connectivity index (χ0v) is 9.62. The predicted octanol–water partition coefficient (Wildman–Crippen LogP) is 1.50. The molecule has 0 saturated carbocycles. The summed E-state index contributed by atoms with van der Waals surface area (Å²) < 4.78 is 0. The fraction of sp³-hybridized carbons (Fsp3) is 0.818. The van der Waals surface area contributed by atoms with E-state index in [-0.39, 0.29) is 18.4 Å². The topological polar surface area (TPSA) is 57.6 Å². The van der Waals surface area contributed by atoms with Crippen LogP contribution in [0.3, 0.4) is 0 Å². The maximum Gasteiger partial charge on any atom is 0.305 e. The van der Waals surface area contributed by atoms with Crippen LogP contribution in [0.4, 0.5) is 0 Å². The molecule has 1 heterocycles. The molecular formula is C11H19NO3. The number of hydrogen-bond acceptors (Lipinski definition) is 2. The molecule has 1 aliphatic rings. The van der Waals surface area contributed by atoms with E-state index in [9.17, 15) is 9.59 Å². The van der Waals surface area contributed by atoms with Gasteiger partial charge in [0.25, 0.3) is 0 Å². The second kappa shape index (κ2) is 4.21. The van der Waals surface area contributed by atoms with Crippen molar-refractivity contribution in [1.82, 2.24) is 4.90 Å². The number of carbonyl (C=O) groups is 2. The number of carboxylic acid groups (broad SMARTS) is 1. The normalized spacial score (nSPS) is 21.8. The molecule has 1 amide bonds. The highest BCUT2D eigenvalue weighted by molar-refractivity contribution is 5.82. The number of carboxylic acids is 1. The van der Waals surface area contributed by atoms with Crippen LogP contribution in [0.25, 0.3) is 0 Å². The standard InChI is InChI=1S/C11H19NO3/c1-11(2,3)10(15)12-6-4-5-8(12)7-9(13)14/h8H,4-7H2,1-3H3,(H,13,14)/t8-/m1/s1. The van der Waals surface area contributed by atoms with E-state index < -0.39 is 11.4 Å². The lowest BCUT2D eigenvalue weighted by Gasteiger charge is -2.30. The summed E-state index contributed by atoms with van der Waals surface area (Å²) in [4.78, 5) is 24.4. The van der Waals surface area contributed by atoms with Gasteiger partial charge in [0, 0.05) is 18.0 Å². The molecule has 0 spiro atoms. The molecule has 4 heteroatoms. The monoisotopic (exact) mass is 213 g/mol. The molecule has 1 fully saturated rings. The van der Waals surface area contributed by atoms with Crippen molar-refractivity contribution in [2.24, 2.45) is 5.41 Å². The van der Waals surface area contributed by atoms with Crippen molar-refractivity contribution in [1.29, 1.82) is 0 Å². The number of rotatable bonds is 2. The van der Waals surface area contributed by atoms with Crippen molar-refractivity contribution < 1.29 is 14.7 Å². The lowest BCUT2D eigenvalue weighted by Crippen LogP contribution is -2.43. The van der Waals surface area contributed by atoms with Gasteiger partial charge in [-0.1, -0.05) is 20.8 Å². The number of likely N-dealkylation sites (tertiary alicyclic amines) is 1. The van der Waals surface area contributed by atoms with Crippen LogP contribution >= 0.6 is 0 Å². The molecule has 0 aromatic heterocycles. The minimum absolute atomic E-state index is 0.0613. The van der Waals surface area contributed by atoms with Crippen LogP contribution in [0, 0.1) is 5.41 Å². The number of hydrogen-bond donors (Lipinski definition) is 1. The van der Waals surface area contributed by atoms with E-state index in [1.165, 1.54) is 0 Å². The van der Waals surface area contributed by atoms with Crippen LogP contribution in [0.1, 0.15) is 40.0 Å². The third-order valence-corrected chi connectivity index (χ3v) is 2.69. The van der Waals surface area contributed by atoms with Crippen LogP contribution in [-0.4, -0.2) is 34.5 Å². The summed E-state index contributed by atoms with van der Waals surface area (Å²) in [6, 6.07) is -0.103. The van der Waals surface area contributed by atoms with Gasteiger partial charge < -0.3 is 10.0 Å². The van der Waals surface area contributed by atoms with Gasteiger partial charge in [-0.25, -0.2) is 0 Å². The fourth-order valence-electron chi connectivity index (χ4n) is 1.95. The molecule has 15 heavy (non-hydrogen) atoms. The quantitative estimate of drug-likeness (QED) is 0.756. The minimum Gasteiger partial charge on any atom is -0.481 e. The molecule has 1 rings (SSSR count). The summed E-state index contributed by atoms with van der Waals surface area (Å²) in [7, 11) is 0. The van der Waals surface area contributed by atoms with Crippen molar-refractivity contribution in [3.8, 4) is 0 Å². The van der Waals surface area contributed by atoms with Crippen molar-refractivity contribution in [2.45, 2.75) is 46.1 Å². The van der Waals surface area contributed by atoms with Crippen molar-refractivity contribution in [3.63, 3.8) is 0 Å². The SMILES string of the molecule is CC(C)(C)C(=O)N1CCC[C@@H]1CC(=O)O. The smallest absolute Gasteiger partial charge is 0.305 e. The maximum absolute atomic E-state index is 12.0. The van der Waals surface area contributed by atoms with Gasteiger partial charge in [-0.3, -0.25) is 9.59 Å². The number of amides is 1. The molecule has 1 N–H and O–H groups in total. The van der Waals surface area contributed by atoms with Crippen LogP contribution in [0.5, 0.6) is 0 Å². The van der Waals surface area contributed by atoms with Gasteiger partial charge in [-0.05, 0) is 12.8 Å². The van der Waals surface area contributed by atoms with E-state index in [4.69, 9.17) is 5.11 Å². The minimum atomic E-state index is -0.825. The Kier molecular flexibility index (Phi) is 3.37. The summed E-state index contributed by atoms with van der Waals surface area (Å²) in [6.07, 6.45) is 1.80. The average molecular weight is 213 g/mol. The highest BCUT2D eigenvalue weighted by Crippen LogP contribution is 2.26. The Labute approximate surface area is 90.3 Å². The second-order valence-corrected chi connectivity index (χ2v) is 5.14. The van der Waals surface area contributed by atoms with Crippen LogP contribution in [0.15, 0.2) is 0 Å². The van der Waals surface area contributed by atoms with E-state index in [1.54, 1.807) is 4.90 Å². The summed E-state index contributed by atoms with van der Waals surface area (Å²) in [5.74, 6) is -0.764. The van der Waals surface area contributed by atoms with Gasteiger partial charge in [0.15, 0.2) is 0 Å². The Bertz CT molecular complexity index is 267. The van der Waals surface area contributed by atoms with Gasteiger partial charge in [-0.2, -0.15) is 0 Å². The van der Waals surface area contributed by atoms with Crippen molar-refractivity contribution in [3.05, 3.63) is 0 Å². The molecule has 0 aromatic carbocycles. The Morgan fingerprint density at radius 3 is 2.47 bits per heavy atom. The number of carbonyl (C=O) groups excluding carboxylic acids is 1. The van der Waals surface area contributed by atoms with E-state index in [0.717, 1.165) is 12.8 Å². The van der Waals surface area contributed by atoms with Gasteiger partial charge in [0.2, 0.25) is 5.91 Å². The molecule has 86 valence electrons. The number of nitrogens with zero attached hydrogens (tertiary/aromatic N) is 1. The summed E-state index contributed by atoms with van der Waals surface area (Å²) in [6.45, 7) is 6.30. The van der Waals surface area contributed by atoms with Gasteiger partial charge in [-0.15, -0.1) is 0 Å². The highest BCUT2D eigenvalue weighted by atomic mass is 16.4. The predicted molar refractivity (Wildman–Crippen MR) is 56.4 cm³/mol. The zero-order chi connectivity index (χ0) is 11.6. The zero-order valence-electron chi connectivity index (χ0n) is 9.62. The summed E-state index contributed by atoms with van der Waals surface area (Å²) >= 11 is 0. The number of aliphatic carboxylic acids is 1. The third kappa shape index (κ3) is 2.94. The Balaban J connectivity index is 2.68. The summed E-state index contributed by atoms with van der Waals surface area (Å²) in [5.41, 5.74) is -0.416. The van der Waals surface area contributed by atoms with Crippen LogP contribution in [0.2, 0.25) is 0 Å². The van der Waals surface area contributed by atoms with Gasteiger partial charge >= 0.3 is 5.97 Å². The van der Waals surface area contributed by atoms with Gasteiger partial charge in [0.05, 0.1) is 6.42 Å². The highest BCUT2D eigenvalue weighted by Gasteiger charge is 2.35. The molecule has 0 radical (unpaired) electrons. The molecule has 0 aliphatic carbocycles. The van der Waals surface area contributed by atoms with E-state index in [1.807, 2.05) is 20.8 Å². The van der Waals surface area contributed by atoms with Crippen molar-refractivity contribution in [2.75, 3.05) is 6.54 Å². The first kappa shape index (κ1) is 12.0. The third-order valence-electron chi connectivity index (χ3n) is 2.69. The molecule has 1 aliphatic heterocycles. The van der Waals surface area contributed by atoms with Crippen LogP contribution < -0.4 is 0 Å². The van der Waals surface area contributed by atoms with Crippen molar-refractivity contribution >= 4 is 11.9 Å². The fourth-order valence-corrected chi connectivity index (χ4v) is 1.95. The van der Waals surface area contributed by atoms with Crippen LogP contribution in [-0.2, 0) is 9.59 Å². The average Bonchev–Trinajstić information content (AvgIpc) is 2.48. The molecule has 4 nitrogen and oxygen atoms in total. The lowest BCUT2D eigenvalue weighted by molar-refractivity contribution is -0.143. The maximum atomic E-state index is 12.0. The molecule has 0 aromatic rings. The van der Waals surface area contributed by atoms with Gasteiger partial charge in [0.1, 0.15) is 0 Å². The second-order valence-electron chi connectivity index (χ2n) is 5.14.